The fourth-order valence-corrected chi connectivity index (χ4v) is 5.30. The quantitative estimate of drug-likeness (QED) is 0.353. The normalized spacial score (nSPS) is 13.9. The maximum absolute atomic E-state index is 12.7. The van der Waals surface area contributed by atoms with E-state index in [1.54, 1.807) is 11.4 Å². The van der Waals surface area contributed by atoms with Gasteiger partial charge in [0.1, 0.15) is 11.4 Å². The number of aromatic amines is 1. The molecule has 0 bridgehead atoms. The zero-order chi connectivity index (χ0) is 25.8. The number of nitrogens with zero attached hydrogens (tertiary/aromatic N) is 3. The fraction of sp³-hybridized carbons (Fsp3) is 0.286. The number of aryl methyl sites for hydroxylation is 2. The third kappa shape index (κ3) is 5.89. The first-order chi connectivity index (χ1) is 18.0. The molecule has 9 heteroatoms. The van der Waals surface area contributed by atoms with Gasteiger partial charge in [0.15, 0.2) is 12.4 Å². The molecule has 2 aromatic heterocycles. The Morgan fingerprint density at radius 1 is 1.08 bits per heavy atom. The number of piperidine rings is 1. The lowest BCUT2D eigenvalue weighted by Gasteiger charge is -2.31. The monoisotopic (exact) mass is 515 g/mol. The molecule has 2 amide bonds. The Morgan fingerprint density at radius 2 is 1.86 bits per heavy atom. The summed E-state index contributed by atoms with van der Waals surface area (Å²) in [7, 11) is 0. The number of ether oxygens (including phenoxy) is 1. The van der Waals surface area contributed by atoms with Crippen molar-refractivity contribution < 1.29 is 14.3 Å². The van der Waals surface area contributed by atoms with E-state index < -0.39 is 0 Å². The van der Waals surface area contributed by atoms with Gasteiger partial charge in [-0.2, -0.15) is 5.10 Å². The Balaban J connectivity index is 1.11. The van der Waals surface area contributed by atoms with E-state index in [4.69, 9.17) is 4.74 Å². The number of carbonyl (C=O) groups excluding carboxylic acids is 2. The first kappa shape index (κ1) is 24.7. The highest BCUT2D eigenvalue weighted by Crippen LogP contribution is 2.31. The summed E-state index contributed by atoms with van der Waals surface area (Å²) in [5.74, 6) is 1.10. The maximum atomic E-state index is 12.7. The standard InChI is InChI=1S/C28H29N5O3S/c1-18-8-9-22(14-19(18)2)36-16-26(34)33-12-10-21(11-13-33)28-29-24(17-37-28)27(35)30-25-15-23(31-32-25)20-6-4-3-5-7-20/h3-9,14-15,17,21H,10-13,16H2,1-2H3,(H2,30,31,32,35). The van der Waals surface area contributed by atoms with Crippen molar-refractivity contribution in [3.8, 4) is 17.0 Å². The van der Waals surface area contributed by atoms with E-state index in [1.165, 1.54) is 16.9 Å². The molecule has 0 aliphatic carbocycles. The molecule has 0 unspecified atom stereocenters. The Labute approximate surface area is 219 Å². The number of aromatic nitrogens is 3. The summed E-state index contributed by atoms with van der Waals surface area (Å²) in [5, 5.41) is 12.7. The summed E-state index contributed by atoms with van der Waals surface area (Å²) in [5.41, 5.74) is 4.54. The van der Waals surface area contributed by atoms with Crippen LogP contribution in [0.25, 0.3) is 11.3 Å². The molecule has 8 nitrogen and oxygen atoms in total. The van der Waals surface area contributed by atoms with Crippen LogP contribution in [0.3, 0.4) is 0 Å². The molecule has 5 rings (SSSR count). The molecule has 0 saturated carbocycles. The van der Waals surface area contributed by atoms with Gasteiger partial charge in [-0.15, -0.1) is 11.3 Å². The first-order valence-corrected chi connectivity index (χ1v) is 13.2. The average molecular weight is 516 g/mol. The molecule has 1 saturated heterocycles. The Hall–Kier alpha value is -3.98. The molecule has 1 aliphatic heterocycles. The van der Waals surface area contributed by atoms with Crippen LogP contribution in [0.15, 0.2) is 60.0 Å². The van der Waals surface area contributed by atoms with Crippen molar-refractivity contribution in [3.05, 3.63) is 81.8 Å². The van der Waals surface area contributed by atoms with Gasteiger partial charge in [0, 0.05) is 30.5 Å². The van der Waals surface area contributed by atoms with E-state index >= 15 is 0 Å². The topological polar surface area (TPSA) is 100 Å². The molecule has 0 radical (unpaired) electrons. The van der Waals surface area contributed by atoms with Gasteiger partial charge in [-0.25, -0.2) is 4.98 Å². The summed E-state index contributed by atoms with van der Waals surface area (Å²) in [6, 6.07) is 17.5. The second-order valence-electron chi connectivity index (χ2n) is 9.25. The van der Waals surface area contributed by atoms with Crippen molar-refractivity contribution in [3.63, 3.8) is 0 Å². The van der Waals surface area contributed by atoms with Crippen molar-refractivity contribution in [2.75, 3.05) is 25.0 Å². The number of anilines is 1. The highest BCUT2D eigenvalue weighted by Gasteiger charge is 2.26. The molecule has 0 spiro atoms. The molecule has 37 heavy (non-hydrogen) atoms. The van der Waals surface area contributed by atoms with Gasteiger partial charge in [-0.3, -0.25) is 14.7 Å². The smallest absolute Gasteiger partial charge is 0.276 e. The fourth-order valence-electron chi connectivity index (χ4n) is 4.33. The largest absolute Gasteiger partial charge is 0.484 e. The van der Waals surface area contributed by atoms with Gasteiger partial charge in [0.2, 0.25) is 0 Å². The third-order valence-electron chi connectivity index (χ3n) is 6.70. The van der Waals surface area contributed by atoms with Gasteiger partial charge in [-0.1, -0.05) is 36.4 Å². The van der Waals surface area contributed by atoms with E-state index in [0.29, 0.717) is 30.4 Å². The average Bonchev–Trinajstić information content (AvgIpc) is 3.60. The van der Waals surface area contributed by atoms with Crippen LogP contribution in [0.4, 0.5) is 5.82 Å². The van der Waals surface area contributed by atoms with Crippen LogP contribution >= 0.6 is 11.3 Å². The number of H-pyrrole nitrogens is 1. The summed E-state index contributed by atoms with van der Waals surface area (Å²) in [4.78, 5) is 31.8. The SMILES string of the molecule is Cc1ccc(OCC(=O)N2CCC(c3nc(C(=O)Nc4cc(-c5ccccc5)[nH]n4)cs3)CC2)cc1C. The van der Waals surface area contributed by atoms with Crippen molar-refractivity contribution in [2.24, 2.45) is 0 Å². The highest BCUT2D eigenvalue weighted by atomic mass is 32.1. The van der Waals surface area contributed by atoms with Crippen LogP contribution in [0.5, 0.6) is 5.75 Å². The van der Waals surface area contributed by atoms with Crippen LogP contribution < -0.4 is 10.1 Å². The molecule has 4 aromatic rings. The van der Waals surface area contributed by atoms with Crippen molar-refractivity contribution in [1.82, 2.24) is 20.1 Å². The minimum Gasteiger partial charge on any atom is -0.484 e. The van der Waals surface area contributed by atoms with E-state index in [9.17, 15) is 9.59 Å². The molecule has 1 fully saturated rings. The number of amides is 2. The van der Waals surface area contributed by atoms with E-state index in [1.807, 2.05) is 67.3 Å². The molecule has 2 aromatic carbocycles. The summed E-state index contributed by atoms with van der Waals surface area (Å²) in [6.07, 6.45) is 1.62. The number of rotatable bonds is 7. The number of thiazole rings is 1. The van der Waals surface area contributed by atoms with Crippen LogP contribution in [0, 0.1) is 13.8 Å². The lowest BCUT2D eigenvalue weighted by Crippen LogP contribution is -2.40. The van der Waals surface area contributed by atoms with Crippen LogP contribution in [0.2, 0.25) is 0 Å². The number of benzene rings is 2. The molecular weight excluding hydrogens is 486 g/mol. The Morgan fingerprint density at radius 3 is 2.62 bits per heavy atom. The maximum Gasteiger partial charge on any atom is 0.276 e. The van der Waals surface area contributed by atoms with Crippen molar-refractivity contribution >= 4 is 29.0 Å². The number of carbonyl (C=O) groups is 2. The Bertz CT molecular complexity index is 1390. The summed E-state index contributed by atoms with van der Waals surface area (Å²) < 4.78 is 5.72. The van der Waals surface area contributed by atoms with Gasteiger partial charge in [0.05, 0.1) is 10.7 Å². The Kier molecular flexibility index (Phi) is 7.32. The molecular formula is C28H29N5O3S. The lowest BCUT2D eigenvalue weighted by molar-refractivity contribution is -0.134. The minimum atomic E-state index is -0.287. The van der Waals surface area contributed by atoms with Gasteiger partial charge >= 0.3 is 0 Å². The predicted octanol–water partition coefficient (Wildman–Crippen LogP) is 5.19. The highest BCUT2D eigenvalue weighted by molar-refractivity contribution is 7.10. The van der Waals surface area contributed by atoms with E-state index in [-0.39, 0.29) is 24.3 Å². The van der Waals surface area contributed by atoms with Crippen LogP contribution in [0.1, 0.15) is 45.4 Å². The number of likely N-dealkylation sites (tertiary alicyclic amines) is 1. The first-order valence-electron chi connectivity index (χ1n) is 12.3. The van der Waals surface area contributed by atoms with Crippen LogP contribution in [-0.4, -0.2) is 51.6 Å². The van der Waals surface area contributed by atoms with Crippen molar-refractivity contribution in [2.45, 2.75) is 32.6 Å². The lowest BCUT2D eigenvalue weighted by atomic mass is 9.97. The number of nitrogens with one attached hydrogen (secondary N) is 2. The second kappa shape index (κ2) is 11.0. The molecule has 2 N–H and O–H groups in total. The third-order valence-corrected chi connectivity index (χ3v) is 7.70. The second-order valence-corrected chi connectivity index (χ2v) is 10.1. The summed E-state index contributed by atoms with van der Waals surface area (Å²) >= 11 is 1.49. The van der Waals surface area contributed by atoms with Gasteiger partial charge in [0.25, 0.3) is 11.8 Å². The zero-order valence-corrected chi connectivity index (χ0v) is 21.7. The predicted molar refractivity (Wildman–Crippen MR) is 144 cm³/mol. The summed E-state index contributed by atoms with van der Waals surface area (Å²) in [6.45, 7) is 5.41. The van der Waals surface area contributed by atoms with Crippen molar-refractivity contribution in [1.29, 1.82) is 0 Å². The molecule has 1 aliphatic rings. The molecule has 190 valence electrons. The molecule has 0 atom stereocenters. The number of hydrogen-bond donors (Lipinski definition) is 2. The van der Waals surface area contributed by atoms with Gasteiger partial charge < -0.3 is 15.0 Å². The molecule has 3 heterocycles. The number of hydrogen-bond acceptors (Lipinski definition) is 6. The van der Waals surface area contributed by atoms with Gasteiger partial charge in [-0.05, 0) is 55.5 Å². The zero-order valence-electron chi connectivity index (χ0n) is 20.9. The van der Waals surface area contributed by atoms with E-state index in [2.05, 4.69) is 20.5 Å². The van der Waals surface area contributed by atoms with Crippen LogP contribution in [-0.2, 0) is 4.79 Å². The minimum absolute atomic E-state index is 0.00948. The van der Waals surface area contributed by atoms with E-state index in [0.717, 1.165) is 34.7 Å².